The molecule has 0 radical (unpaired) electrons. The van der Waals surface area contributed by atoms with Crippen molar-refractivity contribution in [1.82, 2.24) is 0 Å². The van der Waals surface area contributed by atoms with Crippen molar-refractivity contribution in [2.75, 3.05) is 0 Å². The zero-order valence-electron chi connectivity index (χ0n) is 17.2. The van der Waals surface area contributed by atoms with Crippen LogP contribution >= 0.6 is 0 Å². The molecule has 0 heterocycles. The molecule has 0 amide bonds. The van der Waals surface area contributed by atoms with E-state index in [0.717, 1.165) is 29.3 Å². The van der Waals surface area contributed by atoms with Gasteiger partial charge >= 0.3 is 5.97 Å². The SMILES string of the molecule is CC(C)=CCC(OC(=O)/C=C/c1ccccc1)C1=CC(=O)c2c(O)ccc(O)c2C1=O. The summed E-state index contributed by atoms with van der Waals surface area (Å²) in [7, 11) is 0. The summed E-state index contributed by atoms with van der Waals surface area (Å²) in [5.41, 5.74) is 1.14. The molecule has 1 aliphatic rings. The first-order valence-corrected chi connectivity index (χ1v) is 9.70. The minimum atomic E-state index is -1.03. The molecule has 2 aromatic rings. The lowest BCUT2D eigenvalue weighted by atomic mass is 9.85. The van der Waals surface area contributed by atoms with Crippen molar-refractivity contribution in [3.05, 3.63) is 88.5 Å². The number of allylic oxidation sites excluding steroid dienone is 2. The van der Waals surface area contributed by atoms with Crippen LogP contribution in [0.3, 0.4) is 0 Å². The molecule has 0 aromatic heterocycles. The highest BCUT2D eigenvalue weighted by molar-refractivity contribution is 6.27. The summed E-state index contributed by atoms with van der Waals surface area (Å²) in [5.74, 6) is -2.81. The quantitative estimate of drug-likeness (QED) is 0.312. The Labute approximate surface area is 179 Å². The maximum Gasteiger partial charge on any atom is 0.331 e. The van der Waals surface area contributed by atoms with Crippen molar-refractivity contribution in [2.24, 2.45) is 0 Å². The van der Waals surface area contributed by atoms with Gasteiger partial charge in [-0.2, -0.15) is 0 Å². The van der Waals surface area contributed by atoms with Gasteiger partial charge in [-0.1, -0.05) is 42.0 Å². The lowest BCUT2D eigenvalue weighted by molar-refractivity contribution is -0.140. The molecule has 1 atom stereocenters. The van der Waals surface area contributed by atoms with Crippen LogP contribution in [0.5, 0.6) is 11.5 Å². The number of ketones is 2. The van der Waals surface area contributed by atoms with Gasteiger partial charge < -0.3 is 14.9 Å². The fourth-order valence-electron chi connectivity index (χ4n) is 3.21. The molecule has 0 aliphatic heterocycles. The number of hydrogen-bond acceptors (Lipinski definition) is 6. The zero-order valence-corrected chi connectivity index (χ0v) is 17.2. The second kappa shape index (κ2) is 9.26. The highest BCUT2D eigenvalue weighted by atomic mass is 16.5. The maximum absolute atomic E-state index is 13.1. The summed E-state index contributed by atoms with van der Waals surface area (Å²) >= 11 is 0. The third kappa shape index (κ3) is 4.98. The van der Waals surface area contributed by atoms with Crippen LogP contribution in [0.25, 0.3) is 6.08 Å². The normalized spacial score (nSPS) is 14.1. The lowest BCUT2D eigenvalue weighted by Crippen LogP contribution is -2.28. The molecule has 0 saturated heterocycles. The van der Waals surface area contributed by atoms with Crippen LogP contribution in [0.15, 0.2) is 71.8 Å². The van der Waals surface area contributed by atoms with Crippen LogP contribution in [-0.4, -0.2) is 33.9 Å². The first-order valence-electron chi connectivity index (χ1n) is 9.70. The number of hydrogen-bond donors (Lipinski definition) is 2. The van der Waals surface area contributed by atoms with Gasteiger partial charge in [-0.15, -0.1) is 0 Å². The molecule has 1 unspecified atom stereocenters. The smallest absolute Gasteiger partial charge is 0.331 e. The Morgan fingerprint density at radius 3 is 2.29 bits per heavy atom. The van der Waals surface area contributed by atoms with Crippen molar-refractivity contribution in [1.29, 1.82) is 0 Å². The summed E-state index contributed by atoms with van der Waals surface area (Å²) in [6.07, 6.45) is 4.82. The fraction of sp³-hybridized carbons (Fsp3) is 0.160. The number of phenolic OH excluding ortho intramolecular Hbond substituents is 2. The second-order valence-corrected chi connectivity index (χ2v) is 7.33. The molecule has 0 spiro atoms. The van der Waals surface area contributed by atoms with E-state index in [9.17, 15) is 24.6 Å². The molecule has 0 saturated carbocycles. The van der Waals surface area contributed by atoms with E-state index in [1.165, 1.54) is 6.08 Å². The Hall–Kier alpha value is -3.93. The minimum Gasteiger partial charge on any atom is -0.507 e. The molecule has 6 heteroatoms. The van der Waals surface area contributed by atoms with Crippen molar-refractivity contribution in [3.8, 4) is 11.5 Å². The van der Waals surface area contributed by atoms with Crippen LogP contribution in [-0.2, 0) is 9.53 Å². The van der Waals surface area contributed by atoms with Crippen molar-refractivity contribution >= 4 is 23.6 Å². The summed E-state index contributed by atoms with van der Waals surface area (Å²) in [6.45, 7) is 3.71. The minimum absolute atomic E-state index is 0.0580. The maximum atomic E-state index is 13.1. The summed E-state index contributed by atoms with van der Waals surface area (Å²) < 4.78 is 5.51. The second-order valence-electron chi connectivity index (χ2n) is 7.33. The van der Waals surface area contributed by atoms with Crippen LogP contribution in [0, 0.1) is 0 Å². The van der Waals surface area contributed by atoms with Crippen molar-refractivity contribution in [2.45, 2.75) is 26.4 Å². The Kier molecular flexibility index (Phi) is 6.50. The number of carbonyl (C=O) groups is 3. The van der Waals surface area contributed by atoms with Crippen molar-refractivity contribution < 1.29 is 29.3 Å². The molecular weight excluding hydrogens is 396 g/mol. The molecule has 2 N–H and O–H groups in total. The van der Waals surface area contributed by atoms with Gasteiger partial charge in [0.15, 0.2) is 11.6 Å². The van der Waals surface area contributed by atoms with Gasteiger partial charge in [0.2, 0.25) is 0 Å². The van der Waals surface area contributed by atoms with E-state index in [0.29, 0.717) is 0 Å². The van der Waals surface area contributed by atoms with Crippen LogP contribution in [0.4, 0.5) is 0 Å². The number of aromatic hydroxyl groups is 2. The van der Waals surface area contributed by atoms with E-state index in [2.05, 4.69) is 0 Å². The number of esters is 1. The van der Waals surface area contributed by atoms with Crippen LogP contribution < -0.4 is 0 Å². The van der Waals surface area contributed by atoms with Gasteiger partial charge in [-0.05, 0) is 43.7 Å². The third-order valence-corrected chi connectivity index (χ3v) is 4.74. The molecular formula is C25H22O6. The fourth-order valence-corrected chi connectivity index (χ4v) is 3.21. The summed E-state index contributed by atoms with van der Waals surface area (Å²) in [6, 6.07) is 11.5. The topological polar surface area (TPSA) is 101 Å². The molecule has 1 aliphatic carbocycles. The van der Waals surface area contributed by atoms with Gasteiger partial charge in [0.05, 0.1) is 11.1 Å². The standard InChI is InChI=1S/C25H22O6/c1-15(2)8-12-21(31-22(29)13-9-16-6-4-3-5-7-16)17-14-20(28)23-18(26)10-11-19(27)24(23)25(17)30/h3-11,13-14,21,26-27H,12H2,1-2H3/b13-9+. The van der Waals surface area contributed by atoms with Gasteiger partial charge in [-0.25, -0.2) is 4.79 Å². The van der Waals surface area contributed by atoms with Gasteiger partial charge in [0.1, 0.15) is 17.6 Å². The van der Waals surface area contributed by atoms with E-state index in [-0.39, 0.29) is 23.1 Å². The predicted molar refractivity (Wildman–Crippen MR) is 116 cm³/mol. The molecule has 6 nitrogen and oxygen atoms in total. The van der Waals surface area contributed by atoms with Crippen molar-refractivity contribution in [3.63, 3.8) is 0 Å². The molecule has 3 rings (SSSR count). The molecule has 2 aromatic carbocycles. The Morgan fingerprint density at radius 2 is 1.65 bits per heavy atom. The number of fused-ring (bicyclic) bond motifs is 1. The van der Waals surface area contributed by atoms with E-state index in [1.807, 2.05) is 44.2 Å². The predicted octanol–water partition coefficient (Wildman–Crippen LogP) is 4.38. The highest BCUT2D eigenvalue weighted by Gasteiger charge is 2.35. The van der Waals surface area contributed by atoms with Crippen LogP contribution in [0.1, 0.15) is 46.5 Å². The van der Waals surface area contributed by atoms with E-state index in [1.54, 1.807) is 12.2 Å². The van der Waals surface area contributed by atoms with Gasteiger partial charge in [0, 0.05) is 18.1 Å². The molecule has 0 bridgehead atoms. The highest BCUT2D eigenvalue weighted by Crippen LogP contribution is 2.36. The zero-order chi connectivity index (χ0) is 22.5. The first kappa shape index (κ1) is 21.8. The Morgan fingerprint density at radius 1 is 1.00 bits per heavy atom. The van der Waals surface area contributed by atoms with Gasteiger partial charge in [0.25, 0.3) is 0 Å². The van der Waals surface area contributed by atoms with E-state index < -0.39 is 35.1 Å². The third-order valence-electron chi connectivity index (χ3n) is 4.74. The number of benzene rings is 2. The number of rotatable bonds is 6. The summed E-state index contributed by atoms with van der Waals surface area (Å²) in [5, 5.41) is 20.1. The first-order chi connectivity index (χ1) is 14.8. The van der Waals surface area contributed by atoms with E-state index >= 15 is 0 Å². The van der Waals surface area contributed by atoms with E-state index in [4.69, 9.17) is 4.74 Å². The number of carbonyl (C=O) groups excluding carboxylic acids is 3. The Bertz CT molecular complexity index is 1120. The largest absolute Gasteiger partial charge is 0.507 e. The molecule has 158 valence electrons. The Balaban J connectivity index is 1.92. The summed E-state index contributed by atoms with van der Waals surface area (Å²) in [4.78, 5) is 38.1. The average Bonchev–Trinajstić information content (AvgIpc) is 2.74. The number of Topliss-reactive ketones (excluding diaryl/α,β-unsaturated/α-hetero) is 1. The monoisotopic (exact) mass is 418 g/mol. The van der Waals surface area contributed by atoms with Gasteiger partial charge in [-0.3, -0.25) is 9.59 Å². The average molecular weight is 418 g/mol. The number of ether oxygens (including phenoxy) is 1. The number of phenols is 2. The molecule has 31 heavy (non-hydrogen) atoms. The van der Waals surface area contributed by atoms with Crippen LogP contribution in [0.2, 0.25) is 0 Å². The lowest BCUT2D eigenvalue weighted by Gasteiger charge is -2.23. The molecule has 0 fully saturated rings.